The first kappa shape index (κ1) is 16.7. The second-order valence-corrected chi connectivity index (χ2v) is 6.73. The van der Waals surface area contributed by atoms with Crippen molar-refractivity contribution in [2.45, 2.75) is 13.5 Å². The predicted octanol–water partition coefficient (Wildman–Crippen LogP) is 4.53. The van der Waals surface area contributed by atoms with Crippen LogP contribution in [0, 0.1) is 5.92 Å². The van der Waals surface area contributed by atoms with E-state index in [9.17, 15) is 0 Å². The topological polar surface area (TPSA) is 53.8 Å². The molecule has 124 valence electrons. The Kier molecular flexibility index (Phi) is 5.33. The number of nitrogens with zero attached hydrogens (tertiary/aromatic N) is 2. The standard InChI is InChI=1S/C19H20BrN3O/c1-14(5-3-2-4-8-24)12-23-13-21-11-19(23)18-10-15-9-16(20)6-7-17(15)22-18/h2-7,9-11,13-14,22,24H,8,12H2,1H3/b4-2-,5-3-. The van der Waals surface area contributed by atoms with Crippen LogP contribution in [0.2, 0.25) is 0 Å². The van der Waals surface area contributed by atoms with Gasteiger partial charge >= 0.3 is 0 Å². The Hall–Kier alpha value is -2.11. The van der Waals surface area contributed by atoms with Crippen molar-refractivity contribution in [1.29, 1.82) is 0 Å². The van der Waals surface area contributed by atoms with Crippen LogP contribution in [0.5, 0.6) is 0 Å². The van der Waals surface area contributed by atoms with Crippen LogP contribution in [0.3, 0.4) is 0 Å². The molecule has 0 aliphatic heterocycles. The number of hydrogen-bond donors (Lipinski definition) is 2. The quantitative estimate of drug-likeness (QED) is 0.612. The maximum absolute atomic E-state index is 8.74. The summed E-state index contributed by atoms with van der Waals surface area (Å²) < 4.78 is 3.23. The van der Waals surface area contributed by atoms with Gasteiger partial charge in [-0.2, -0.15) is 0 Å². The van der Waals surface area contributed by atoms with Crippen molar-refractivity contribution in [2.75, 3.05) is 6.61 Å². The summed E-state index contributed by atoms with van der Waals surface area (Å²) in [4.78, 5) is 7.77. The predicted molar refractivity (Wildman–Crippen MR) is 102 cm³/mol. The molecule has 0 amide bonds. The number of aromatic nitrogens is 3. The van der Waals surface area contributed by atoms with Crippen molar-refractivity contribution in [2.24, 2.45) is 5.92 Å². The van der Waals surface area contributed by atoms with E-state index in [1.165, 1.54) is 5.39 Å². The summed E-state index contributed by atoms with van der Waals surface area (Å²) in [7, 11) is 0. The summed E-state index contributed by atoms with van der Waals surface area (Å²) in [6, 6.07) is 8.36. The van der Waals surface area contributed by atoms with Gasteiger partial charge in [0.05, 0.1) is 30.5 Å². The number of hydrogen-bond acceptors (Lipinski definition) is 2. The molecular weight excluding hydrogens is 366 g/mol. The Morgan fingerprint density at radius 3 is 3.04 bits per heavy atom. The number of halogens is 1. The monoisotopic (exact) mass is 385 g/mol. The minimum absolute atomic E-state index is 0.0703. The molecule has 3 rings (SSSR count). The fourth-order valence-corrected chi connectivity index (χ4v) is 3.08. The lowest BCUT2D eigenvalue weighted by Crippen LogP contribution is -2.05. The largest absolute Gasteiger partial charge is 0.392 e. The number of aliphatic hydroxyl groups is 1. The molecule has 4 nitrogen and oxygen atoms in total. The molecule has 0 saturated carbocycles. The van der Waals surface area contributed by atoms with Gasteiger partial charge in [0.2, 0.25) is 0 Å². The van der Waals surface area contributed by atoms with Crippen LogP contribution in [-0.2, 0) is 6.54 Å². The summed E-state index contributed by atoms with van der Waals surface area (Å²) in [5.74, 6) is 0.361. The Morgan fingerprint density at radius 1 is 1.33 bits per heavy atom. The number of rotatable bonds is 6. The second kappa shape index (κ2) is 7.64. The van der Waals surface area contributed by atoms with E-state index >= 15 is 0 Å². The van der Waals surface area contributed by atoms with E-state index in [1.807, 2.05) is 30.7 Å². The van der Waals surface area contributed by atoms with Gasteiger partial charge in [-0.25, -0.2) is 4.98 Å². The maximum atomic E-state index is 8.74. The van der Waals surface area contributed by atoms with E-state index in [-0.39, 0.29) is 6.61 Å². The third-order valence-electron chi connectivity index (χ3n) is 3.85. The van der Waals surface area contributed by atoms with Crippen molar-refractivity contribution in [1.82, 2.24) is 14.5 Å². The maximum Gasteiger partial charge on any atom is 0.0951 e. The first-order chi connectivity index (χ1) is 11.7. The normalized spacial score (nSPS) is 13.5. The molecule has 2 aromatic heterocycles. The highest BCUT2D eigenvalue weighted by molar-refractivity contribution is 9.10. The highest BCUT2D eigenvalue weighted by atomic mass is 79.9. The van der Waals surface area contributed by atoms with Crippen molar-refractivity contribution >= 4 is 26.8 Å². The first-order valence-electron chi connectivity index (χ1n) is 7.90. The molecule has 3 aromatic rings. The van der Waals surface area contributed by atoms with Gasteiger partial charge < -0.3 is 14.7 Å². The first-order valence-corrected chi connectivity index (χ1v) is 8.69. The van der Waals surface area contributed by atoms with Gasteiger partial charge in [-0.1, -0.05) is 47.2 Å². The van der Waals surface area contributed by atoms with Crippen molar-refractivity contribution in [3.8, 4) is 11.4 Å². The van der Waals surface area contributed by atoms with Gasteiger partial charge in [0.25, 0.3) is 0 Å². The lowest BCUT2D eigenvalue weighted by atomic mass is 10.1. The lowest BCUT2D eigenvalue weighted by molar-refractivity contribution is 0.343. The number of aliphatic hydroxyl groups excluding tert-OH is 1. The third kappa shape index (κ3) is 3.86. The molecule has 24 heavy (non-hydrogen) atoms. The van der Waals surface area contributed by atoms with Crippen LogP contribution >= 0.6 is 15.9 Å². The molecule has 0 fully saturated rings. The van der Waals surface area contributed by atoms with E-state index in [4.69, 9.17) is 5.11 Å². The van der Waals surface area contributed by atoms with Gasteiger partial charge in [-0.05, 0) is 30.2 Å². The number of benzene rings is 1. The molecule has 0 spiro atoms. The number of imidazole rings is 1. The minimum Gasteiger partial charge on any atom is -0.392 e. The van der Waals surface area contributed by atoms with Gasteiger partial charge in [0.1, 0.15) is 0 Å². The molecular formula is C19H20BrN3O. The molecule has 0 aliphatic rings. The van der Waals surface area contributed by atoms with E-state index < -0.39 is 0 Å². The Balaban J connectivity index is 1.81. The highest BCUT2D eigenvalue weighted by Gasteiger charge is 2.10. The second-order valence-electron chi connectivity index (χ2n) is 5.82. The van der Waals surface area contributed by atoms with Gasteiger partial charge in [-0.3, -0.25) is 0 Å². The molecule has 0 saturated heterocycles. The fraction of sp³-hybridized carbons (Fsp3) is 0.211. The van der Waals surface area contributed by atoms with Gasteiger partial charge in [0.15, 0.2) is 0 Å². The Labute approximate surface area is 149 Å². The van der Waals surface area contributed by atoms with Gasteiger partial charge in [-0.15, -0.1) is 0 Å². The molecule has 2 heterocycles. The van der Waals surface area contributed by atoms with E-state index in [0.717, 1.165) is 27.9 Å². The lowest BCUT2D eigenvalue weighted by Gasteiger charge is -2.10. The minimum atomic E-state index is 0.0703. The van der Waals surface area contributed by atoms with Crippen LogP contribution in [-0.4, -0.2) is 26.2 Å². The van der Waals surface area contributed by atoms with Crippen LogP contribution in [0.15, 0.2) is 65.6 Å². The van der Waals surface area contributed by atoms with Crippen LogP contribution in [0.4, 0.5) is 0 Å². The molecule has 1 atom stereocenters. The average molecular weight is 386 g/mol. The average Bonchev–Trinajstić information content (AvgIpc) is 3.17. The molecule has 1 unspecified atom stereocenters. The summed E-state index contributed by atoms with van der Waals surface area (Å²) >= 11 is 3.51. The van der Waals surface area contributed by atoms with E-state index in [1.54, 1.807) is 6.08 Å². The molecule has 2 N–H and O–H groups in total. The number of aromatic amines is 1. The molecule has 1 aromatic carbocycles. The molecule has 0 radical (unpaired) electrons. The summed E-state index contributed by atoms with van der Waals surface area (Å²) in [6.07, 6.45) is 11.4. The number of allylic oxidation sites excluding steroid dienone is 3. The van der Waals surface area contributed by atoms with Crippen molar-refractivity contribution in [3.63, 3.8) is 0 Å². The number of fused-ring (bicyclic) bond motifs is 1. The van der Waals surface area contributed by atoms with Crippen molar-refractivity contribution in [3.05, 3.63) is 65.6 Å². The Morgan fingerprint density at radius 2 is 2.21 bits per heavy atom. The zero-order valence-electron chi connectivity index (χ0n) is 13.5. The molecule has 5 heteroatoms. The third-order valence-corrected chi connectivity index (χ3v) is 4.34. The summed E-state index contributed by atoms with van der Waals surface area (Å²) in [6.45, 7) is 3.08. The van der Waals surface area contributed by atoms with E-state index in [2.05, 4.69) is 61.7 Å². The zero-order valence-corrected chi connectivity index (χ0v) is 15.1. The van der Waals surface area contributed by atoms with Crippen LogP contribution in [0.1, 0.15) is 6.92 Å². The smallest absolute Gasteiger partial charge is 0.0951 e. The fourth-order valence-electron chi connectivity index (χ4n) is 2.70. The molecule has 0 bridgehead atoms. The van der Waals surface area contributed by atoms with Crippen LogP contribution < -0.4 is 0 Å². The Bertz CT molecular complexity index is 876. The summed E-state index contributed by atoms with van der Waals surface area (Å²) in [5, 5.41) is 9.91. The van der Waals surface area contributed by atoms with Crippen LogP contribution in [0.25, 0.3) is 22.3 Å². The van der Waals surface area contributed by atoms with E-state index in [0.29, 0.717) is 5.92 Å². The van der Waals surface area contributed by atoms with Gasteiger partial charge in [0, 0.05) is 21.9 Å². The highest BCUT2D eigenvalue weighted by Crippen LogP contribution is 2.26. The molecule has 0 aliphatic carbocycles. The van der Waals surface area contributed by atoms with Crippen molar-refractivity contribution < 1.29 is 5.11 Å². The number of H-pyrrole nitrogens is 1. The zero-order chi connectivity index (χ0) is 16.9. The summed E-state index contributed by atoms with van der Waals surface area (Å²) in [5.41, 5.74) is 3.26. The number of nitrogens with one attached hydrogen (secondary N) is 1. The SMILES string of the molecule is CC(/C=C\C=C/CO)Cn1cncc1-c1cc2cc(Br)ccc2[nH]1.